The molecule has 2 aromatic carbocycles. The van der Waals surface area contributed by atoms with E-state index in [1.807, 2.05) is 50.4 Å². The minimum Gasteiger partial charge on any atom is -0.351 e. The molecule has 4 aromatic rings. The van der Waals surface area contributed by atoms with Gasteiger partial charge in [-0.3, -0.25) is 9.78 Å². The van der Waals surface area contributed by atoms with Gasteiger partial charge in [0.2, 0.25) is 5.91 Å². The van der Waals surface area contributed by atoms with Crippen molar-refractivity contribution in [1.29, 1.82) is 0 Å². The highest BCUT2D eigenvalue weighted by Gasteiger charge is 2.43. The maximum atomic E-state index is 12.0. The van der Waals surface area contributed by atoms with Gasteiger partial charge in [0.1, 0.15) is 0 Å². The monoisotopic (exact) mass is 523 g/mol. The summed E-state index contributed by atoms with van der Waals surface area (Å²) < 4.78 is 2.33. The Balaban J connectivity index is 1.67. The summed E-state index contributed by atoms with van der Waals surface area (Å²) in [5.74, 6) is -0.00345. The van der Waals surface area contributed by atoms with E-state index in [1.54, 1.807) is 0 Å². The largest absolute Gasteiger partial charge is 0.351 e. The van der Waals surface area contributed by atoms with Gasteiger partial charge in [-0.1, -0.05) is 31.2 Å². The quantitative estimate of drug-likeness (QED) is 0.278. The standard InChI is InChI=1S/C31H33N5OS/c1-6-27(37)33-25-16-15-24(18-19(25)2)36-30(29(34-31(36)38)26-14-10-11-17-32-26)28-20(3)21(4)35(22(28)5)23-12-8-7-9-13-23/h7-18,29-30H,6H2,1-5H3,(H,33,37)(H,34,38). The van der Waals surface area contributed by atoms with Crippen molar-refractivity contribution < 1.29 is 4.79 Å². The smallest absolute Gasteiger partial charge is 0.224 e. The average Bonchev–Trinajstić information content (AvgIpc) is 3.37. The van der Waals surface area contributed by atoms with Crippen LogP contribution in [0.2, 0.25) is 0 Å². The summed E-state index contributed by atoms with van der Waals surface area (Å²) in [4.78, 5) is 19.0. The number of pyridine rings is 1. The van der Waals surface area contributed by atoms with E-state index in [4.69, 9.17) is 17.2 Å². The fourth-order valence-electron chi connectivity index (χ4n) is 5.51. The van der Waals surface area contributed by atoms with Crippen LogP contribution in [0.1, 0.15) is 59.2 Å². The minimum atomic E-state index is -0.132. The van der Waals surface area contributed by atoms with Gasteiger partial charge in [-0.25, -0.2) is 0 Å². The first kappa shape index (κ1) is 25.7. The zero-order chi connectivity index (χ0) is 27.0. The molecule has 1 fully saturated rings. The second-order valence-corrected chi connectivity index (χ2v) is 10.2. The highest BCUT2D eigenvalue weighted by Crippen LogP contribution is 2.45. The number of amides is 1. The van der Waals surface area contributed by atoms with Crippen LogP contribution >= 0.6 is 12.2 Å². The molecule has 1 aliphatic rings. The molecule has 0 bridgehead atoms. The number of para-hydroxylation sites is 1. The molecule has 7 heteroatoms. The number of benzene rings is 2. The summed E-state index contributed by atoms with van der Waals surface area (Å²) in [5.41, 5.74) is 9.70. The Hall–Kier alpha value is -3.97. The van der Waals surface area contributed by atoms with Crippen LogP contribution in [0.25, 0.3) is 5.69 Å². The molecule has 2 aromatic heterocycles. The lowest BCUT2D eigenvalue weighted by Crippen LogP contribution is -2.30. The molecule has 2 atom stereocenters. The van der Waals surface area contributed by atoms with Gasteiger partial charge in [-0.15, -0.1) is 0 Å². The molecule has 0 radical (unpaired) electrons. The van der Waals surface area contributed by atoms with Crippen molar-refractivity contribution in [3.8, 4) is 5.69 Å². The van der Waals surface area contributed by atoms with E-state index >= 15 is 0 Å². The molecule has 1 aliphatic heterocycles. The summed E-state index contributed by atoms with van der Waals surface area (Å²) in [5, 5.41) is 7.23. The van der Waals surface area contributed by atoms with Crippen LogP contribution < -0.4 is 15.5 Å². The Morgan fingerprint density at radius 2 is 1.71 bits per heavy atom. The normalized spacial score (nSPS) is 17.0. The number of anilines is 2. The molecular weight excluding hydrogens is 490 g/mol. The summed E-state index contributed by atoms with van der Waals surface area (Å²) >= 11 is 5.97. The third kappa shape index (κ3) is 4.47. The first-order chi connectivity index (χ1) is 18.3. The van der Waals surface area contributed by atoms with Gasteiger partial charge in [-0.05, 0) is 93.5 Å². The SMILES string of the molecule is CCC(=O)Nc1ccc(N2C(=S)NC(c3ccccn3)C2c2c(C)c(C)n(-c3ccccc3)c2C)cc1C. The average molecular weight is 524 g/mol. The molecule has 1 amide bonds. The highest BCUT2D eigenvalue weighted by atomic mass is 32.1. The van der Waals surface area contributed by atoms with Crippen molar-refractivity contribution in [2.75, 3.05) is 10.2 Å². The topological polar surface area (TPSA) is 62.2 Å². The van der Waals surface area contributed by atoms with E-state index in [1.165, 1.54) is 22.5 Å². The van der Waals surface area contributed by atoms with Crippen LogP contribution in [-0.4, -0.2) is 20.6 Å². The van der Waals surface area contributed by atoms with Gasteiger partial charge in [0.05, 0.1) is 17.8 Å². The maximum absolute atomic E-state index is 12.0. The fourth-order valence-corrected chi connectivity index (χ4v) is 5.85. The van der Waals surface area contributed by atoms with E-state index in [0.29, 0.717) is 11.5 Å². The van der Waals surface area contributed by atoms with E-state index in [2.05, 4.69) is 77.3 Å². The second-order valence-electron chi connectivity index (χ2n) is 9.78. The molecule has 5 rings (SSSR count). The summed E-state index contributed by atoms with van der Waals surface area (Å²) in [6.07, 6.45) is 2.26. The molecule has 1 saturated heterocycles. The van der Waals surface area contributed by atoms with Gasteiger partial charge in [0.15, 0.2) is 5.11 Å². The zero-order valence-corrected chi connectivity index (χ0v) is 23.3. The summed E-state index contributed by atoms with van der Waals surface area (Å²) in [6.45, 7) is 10.4. The Kier molecular flexibility index (Phi) is 7.04. The molecule has 194 valence electrons. The highest BCUT2D eigenvalue weighted by molar-refractivity contribution is 7.80. The fraction of sp³-hybridized carbons (Fsp3) is 0.258. The van der Waals surface area contributed by atoms with E-state index in [9.17, 15) is 4.79 Å². The molecule has 0 aliphatic carbocycles. The molecule has 38 heavy (non-hydrogen) atoms. The number of carbonyl (C=O) groups excluding carboxylic acids is 1. The van der Waals surface area contributed by atoms with Gasteiger partial charge in [-0.2, -0.15) is 0 Å². The third-order valence-electron chi connectivity index (χ3n) is 7.50. The number of aryl methyl sites for hydroxylation is 1. The van der Waals surface area contributed by atoms with E-state index in [0.717, 1.165) is 28.3 Å². The number of aromatic nitrogens is 2. The number of rotatable bonds is 6. The van der Waals surface area contributed by atoms with Crippen LogP contribution in [0.3, 0.4) is 0 Å². The van der Waals surface area contributed by atoms with Crippen molar-refractivity contribution in [1.82, 2.24) is 14.9 Å². The number of carbonyl (C=O) groups is 1. The molecule has 2 unspecified atom stereocenters. The number of hydrogen-bond donors (Lipinski definition) is 2. The maximum Gasteiger partial charge on any atom is 0.224 e. The lowest BCUT2D eigenvalue weighted by Gasteiger charge is -2.29. The third-order valence-corrected chi connectivity index (χ3v) is 7.81. The van der Waals surface area contributed by atoms with Crippen LogP contribution in [-0.2, 0) is 4.79 Å². The molecule has 0 spiro atoms. The van der Waals surface area contributed by atoms with E-state index in [-0.39, 0.29) is 18.0 Å². The predicted octanol–water partition coefficient (Wildman–Crippen LogP) is 6.63. The van der Waals surface area contributed by atoms with Gasteiger partial charge < -0.3 is 20.1 Å². The van der Waals surface area contributed by atoms with Crippen LogP contribution in [0.4, 0.5) is 11.4 Å². The van der Waals surface area contributed by atoms with Crippen molar-refractivity contribution in [2.45, 2.75) is 53.1 Å². The zero-order valence-electron chi connectivity index (χ0n) is 22.4. The first-order valence-corrected chi connectivity index (χ1v) is 13.4. The first-order valence-electron chi connectivity index (χ1n) is 13.0. The van der Waals surface area contributed by atoms with Gasteiger partial charge in [0.25, 0.3) is 0 Å². The van der Waals surface area contributed by atoms with Crippen LogP contribution in [0.5, 0.6) is 0 Å². The molecule has 2 N–H and O–H groups in total. The van der Waals surface area contributed by atoms with Crippen molar-refractivity contribution in [3.63, 3.8) is 0 Å². The lowest BCUT2D eigenvalue weighted by molar-refractivity contribution is -0.115. The van der Waals surface area contributed by atoms with Crippen LogP contribution in [0, 0.1) is 27.7 Å². The Bertz CT molecular complexity index is 1500. The molecule has 0 saturated carbocycles. The number of thiocarbonyl (C=S) groups is 1. The lowest BCUT2D eigenvalue weighted by atomic mass is 9.93. The van der Waals surface area contributed by atoms with Gasteiger partial charge in [0, 0.05) is 46.6 Å². The number of hydrogen-bond acceptors (Lipinski definition) is 3. The molecule has 3 heterocycles. The minimum absolute atomic E-state index is 0.00345. The van der Waals surface area contributed by atoms with Crippen LogP contribution in [0.15, 0.2) is 72.9 Å². The number of nitrogens with zero attached hydrogens (tertiary/aromatic N) is 3. The Morgan fingerprint density at radius 3 is 2.37 bits per heavy atom. The van der Waals surface area contributed by atoms with E-state index < -0.39 is 0 Å². The Labute approximate surface area is 229 Å². The predicted molar refractivity (Wildman–Crippen MR) is 158 cm³/mol. The molecule has 6 nitrogen and oxygen atoms in total. The van der Waals surface area contributed by atoms with Crippen molar-refractivity contribution >= 4 is 34.6 Å². The summed E-state index contributed by atoms with van der Waals surface area (Å²) in [6, 6.07) is 22.3. The molecular formula is C31H33N5OS. The van der Waals surface area contributed by atoms with Crippen molar-refractivity contribution in [2.24, 2.45) is 0 Å². The second kappa shape index (κ2) is 10.4. The Morgan fingerprint density at radius 1 is 0.974 bits per heavy atom. The van der Waals surface area contributed by atoms with Gasteiger partial charge >= 0.3 is 0 Å². The number of nitrogens with one attached hydrogen (secondary N) is 2. The summed E-state index contributed by atoms with van der Waals surface area (Å²) in [7, 11) is 0. The van der Waals surface area contributed by atoms with Crippen molar-refractivity contribution in [3.05, 3.63) is 107 Å².